The van der Waals surface area contributed by atoms with E-state index in [1.807, 2.05) is 43.3 Å². The fourth-order valence-electron chi connectivity index (χ4n) is 2.54. The summed E-state index contributed by atoms with van der Waals surface area (Å²) in [6.07, 6.45) is 1.48. The molecule has 140 valence electrons. The molecule has 0 aliphatic rings. The molecule has 0 fully saturated rings. The van der Waals surface area contributed by atoms with Crippen LogP contribution in [0, 0.1) is 0 Å². The lowest BCUT2D eigenvalue weighted by atomic mass is 10.2. The Hall–Kier alpha value is -2.86. The molecule has 1 aromatic heterocycles. The number of aryl methyl sites for hydroxylation is 1. The molecule has 0 saturated heterocycles. The van der Waals surface area contributed by atoms with E-state index in [1.165, 1.54) is 0 Å². The van der Waals surface area contributed by atoms with Gasteiger partial charge in [-0.15, -0.1) is 0 Å². The minimum absolute atomic E-state index is 0.0837. The van der Waals surface area contributed by atoms with Crippen LogP contribution in [-0.4, -0.2) is 22.7 Å². The third kappa shape index (κ3) is 5.31. The molecule has 6 nitrogen and oxygen atoms in total. The molecule has 1 amide bonds. The summed E-state index contributed by atoms with van der Waals surface area (Å²) in [4.78, 5) is 16.5. The molecule has 0 spiro atoms. The van der Waals surface area contributed by atoms with Crippen molar-refractivity contribution in [1.29, 1.82) is 0 Å². The van der Waals surface area contributed by atoms with Crippen molar-refractivity contribution in [3.8, 4) is 17.1 Å². The van der Waals surface area contributed by atoms with Gasteiger partial charge in [-0.1, -0.05) is 28.9 Å². The number of nitrogens with zero attached hydrogens (tertiary/aromatic N) is 2. The van der Waals surface area contributed by atoms with Crippen molar-refractivity contribution in [3.63, 3.8) is 0 Å². The lowest BCUT2D eigenvalue weighted by molar-refractivity contribution is -0.116. The van der Waals surface area contributed by atoms with Crippen LogP contribution in [0.25, 0.3) is 11.4 Å². The zero-order valence-corrected chi connectivity index (χ0v) is 15.7. The van der Waals surface area contributed by atoms with Crippen molar-refractivity contribution in [2.75, 3.05) is 11.9 Å². The van der Waals surface area contributed by atoms with Crippen LogP contribution in [0.5, 0.6) is 5.75 Å². The molecule has 0 aliphatic carbocycles. The van der Waals surface area contributed by atoms with E-state index in [-0.39, 0.29) is 5.91 Å². The van der Waals surface area contributed by atoms with Gasteiger partial charge in [0.05, 0.1) is 12.3 Å². The van der Waals surface area contributed by atoms with Crippen molar-refractivity contribution >= 4 is 23.2 Å². The molecule has 7 heteroatoms. The van der Waals surface area contributed by atoms with Crippen LogP contribution in [-0.2, 0) is 11.2 Å². The number of carbonyl (C=O) groups is 1. The first kappa shape index (κ1) is 18.9. The number of halogens is 1. The molecule has 27 heavy (non-hydrogen) atoms. The highest BCUT2D eigenvalue weighted by atomic mass is 35.5. The van der Waals surface area contributed by atoms with E-state index >= 15 is 0 Å². The molecule has 0 aliphatic heterocycles. The number of amides is 1. The molecule has 3 aromatic rings. The van der Waals surface area contributed by atoms with Gasteiger partial charge >= 0.3 is 0 Å². The highest BCUT2D eigenvalue weighted by Gasteiger charge is 2.11. The Morgan fingerprint density at radius 3 is 2.74 bits per heavy atom. The Balaban J connectivity index is 1.50. The second kappa shape index (κ2) is 9.19. The minimum atomic E-state index is -0.0837. The Morgan fingerprint density at radius 2 is 1.96 bits per heavy atom. The predicted molar refractivity (Wildman–Crippen MR) is 104 cm³/mol. The first-order valence-electron chi connectivity index (χ1n) is 8.76. The Bertz CT molecular complexity index is 893. The molecule has 2 aromatic carbocycles. The quantitative estimate of drug-likeness (QED) is 0.605. The summed E-state index contributed by atoms with van der Waals surface area (Å²) >= 11 is 5.88. The average molecular weight is 386 g/mol. The molecule has 0 unspecified atom stereocenters. The second-order valence-electron chi connectivity index (χ2n) is 5.85. The fraction of sp³-hybridized carbons (Fsp3) is 0.250. The van der Waals surface area contributed by atoms with Crippen molar-refractivity contribution in [2.24, 2.45) is 0 Å². The number of hydrogen-bond donors (Lipinski definition) is 1. The monoisotopic (exact) mass is 385 g/mol. The Morgan fingerprint density at radius 1 is 1.19 bits per heavy atom. The largest absolute Gasteiger partial charge is 0.492 e. The van der Waals surface area contributed by atoms with E-state index in [2.05, 4.69) is 15.5 Å². The molecule has 0 bridgehead atoms. The molecule has 0 radical (unpaired) electrons. The predicted octanol–water partition coefficient (Wildman–Crippen LogP) is 4.75. The number of para-hydroxylation sites is 2. The maximum Gasteiger partial charge on any atom is 0.226 e. The number of benzene rings is 2. The van der Waals surface area contributed by atoms with E-state index in [0.29, 0.717) is 54.0 Å². The highest BCUT2D eigenvalue weighted by Crippen LogP contribution is 2.24. The number of hydrogen-bond acceptors (Lipinski definition) is 5. The maximum atomic E-state index is 12.2. The second-order valence-corrected chi connectivity index (χ2v) is 6.29. The van der Waals surface area contributed by atoms with Crippen LogP contribution in [0.4, 0.5) is 5.69 Å². The van der Waals surface area contributed by atoms with Crippen molar-refractivity contribution < 1.29 is 14.1 Å². The highest BCUT2D eigenvalue weighted by molar-refractivity contribution is 6.30. The normalized spacial score (nSPS) is 10.6. The van der Waals surface area contributed by atoms with Crippen LogP contribution < -0.4 is 10.1 Å². The van der Waals surface area contributed by atoms with Gasteiger partial charge < -0.3 is 14.6 Å². The van der Waals surface area contributed by atoms with E-state index in [0.717, 1.165) is 5.56 Å². The van der Waals surface area contributed by atoms with Crippen LogP contribution in [0.1, 0.15) is 25.7 Å². The van der Waals surface area contributed by atoms with Crippen LogP contribution in [0.3, 0.4) is 0 Å². The summed E-state index contributed by atoms with van der Waals surface area (Å²) in [5.74, 6) is 1.59. The van der Waals surface area contributed by atoms with Crippen LogP contribution in [0.2, 0.25) is 5.02 Å². The van der Waals surface area contributed by atoms with E-state index in [9.17, 15) is 4.79 Å². The first-order valence-corrected chi connectivity index (χ1v) is 9.13. The molecule has 1 N–H and O–H groups in total. The van der Waals surface area contributed by atoms with Gasteiger partial charge in [0.2, 0.25) is 17.6 Å². The van der Waals surface area contributed by atoms with E-state index < -0.39 is 0 Å². The number of rotatable bonds is 8. The summed E-state index contributed by atoms with van der Waals surface area (Å²) in [6, 6.07) is 14.6. The standard InChI is InChI=1S/C20H20ClN3O3/c1-2-26-17-7-4-3-6-16(17)22-18(25)8-5-9-19-23-20(24-27-19)14-10-12-15(21)13-11-14/h3-4,6-7,10-13H,2,5,8-9H2,1H3,(H,22,25). The zero-order valence-electron chi connectivity index (χ0n) is 14.9. The van der Waals surface area contributed by atoms with Crippen molar-refractivity contribution in [1.82, 2.24) is 10.1 Å². The van der Waals surface area contributed by atoms with Crippen molar-refractivity contribution in [3.05, 3.63) is 59.4 Å². The van der Waals surface area contributed by atoms with Gasteiger partial charge in [-0.25, -0.2) is 0 Å². The fourth-order valence-corrected chi connectivity index (χ4v) is 2.66. The van der Waals surface area contributed by atoms with Gasteiger partial charge in [-0.2, -0.15) is 4.98 Å². The van der Waals surface area contributed by atoms with Gasteiger partial charge in [0.25, 0.3) is 0 Å². The number of anilines is 1. The molecular weight excluding hydrogens is 366 g/mol. The third-order valence-corrected chi connectivity index (χ3v) is 4.08. The lowest BCUT2D eigenvalue weighted by Gasteiger charge is -2.10. The van der Waals surface area contributed by atoms with Gasteiger partial charge in [-0.3, -0.25) is 4.79 Å². The smallest absolute Gasteiger partial charge is 0.226 e. The molecule has 0 atom stereocenters. The van der Waals surface area contributed by atoms with Crippen LogP contribution in [0.15, 0.2) is 53.1 Å². The number of aromatic nitrogens is 2. The van der Waals surface area contributed by atoms with Gasteiger partial charge in [0.15, 0.2) is 0 Å². The maximum absolute atomic E-state index is 12.2. The molecular formula is C20H20ClN3O3. The topological polar surface area (TPSA) is 77.2 Å². The first-order chi connectivity index (χ1) is 13.2. The Kier molecular flexibility index (Phi) is 6.44. The summed E-state index contributed by atoms with van der Waals surface area (Å²) in [7, 11) is 0. The van der Waals surface area contributed by atoms with Crippen molar-refractivity contribution in [2.45, 2.75) is 26.2 Å². The van der Waals surface area contributed by atoms with Crippen LogP contribution >= 0.6 is 11.6 Å². The lowest BCUT2D eigenvalue weighted by Crippen LogP contribution is -2.12. The summed E-state index contributed by atoms with van der Waals surface area (Å²) in [6.45, 7) is 2.45. The molecule has 1 heterocycles. The number of carbonyl (C=O) groups excluding carboxylic acids is 1. The summed E-state index contributed by atoms with van der Waals surface area (Å²) in [5.41, 5.74) is 1.51. The van der Waals surface area contributed by atoms with E-state index in [1.54, 1.807) is 12.1 Å². The van der Waals surface area contributed by atoms with Gasteiger partial charge in [0.1, 0.15) is 5.75 Å². The Labute approximate surface area is 162 Å². The molecule has 3 rings (SSSR count). The number of nitrogens with one attached hydrogen (secondary N) is 1. The van der Waals surface area contributed by atoms with E-state index in [4.69, 9.17) is 20.9 Å². The SMILES string of the molecule is CCOc1ccccc1NC(=O)CCCc1nc(-c2ccc(Cl)cc2)no1. The number of ether oxygens (including phenoxy) is 1. The average Bonchev–Trinajstić information content (AvgIpc) is 3.13. The van der Waals surface area contributed by atoms with Gasteiger partial charge in [0, 0.05) is 23.4 Å². The summed E-state index contributed by atoms with van der Waals surface area (Å²) in [5, 5.41) is 7.49. The minimum Gasteiger partial charge on any atom is -0.492 e. The zero-order chi connectivity index (χ0) is 19.1. The van der Waals surface area contributed by atoms with Gasteiger partial charge in [-0.05, 0) is 49.7 Å². The third-order valence-electron chi connectivity index (χ3n) is 3.83. The summed E-state index contributed by atoms with van der Waals surface area (Å²) < 4.78 is 10.8. The molecule has 0 saturated carbocycles.